The molecule has 1 atom stereocenters. The number of piperazine rings is 1. The van der Waals surface area contributed by atoms with E-state index >= 15 is 0 Å². The van der Waals surface area contributed by atoms with Gasteiger partial charge in [0.2, 0.25) is 15.9 Å². The molecule has 3 heterocycles. The van der Waals surface area contributed by atoms with Crippen molar-refractivity contribution in [2.24, 2.45) is 5.92 Å². The molecule has 14 heteroatoms. The lowest BCUT2D eigenvalue weighted by Gasteiger charge is -2.42. The standard InChI is InChI=1S/C26H29ClN4O4S.CH4O3S/c27-22-3-1-21-14-25(4-2-20(21)13-22)36(34,35)30-16-24(18-32)31(26(33)17-30)15-19-7-11-29(12-8-19)23-5-9-28-10-6-23;1-5(2,3)4/h1-6,9-10,13-14,19,24,32H,7-8,11-12,15-18H2;1H3,(H,2,3,4). The number of benzene rings is 2. The molecule has 3 aromatic rings. The number of halogens is 1. The summed E-state index contributed by atoms with van der Waals surface area (Å²) in [7, 11) is -7.57. The molecule has 2 aliphatic rings. The first kappa shape index (κ1) is 31.1. The van der Waals surface area contributed by atoms with Crippen LogP contribution in [0.1, 0.15) is 12.8 Å². The van der Waals surface area contributed by atoms with Crippen molar-refractivity contribution >= 4 is 54.1 Å². The third-order valence-electron chi connectivity index (χ3n) is 7.21. The Kier molecular flexibility index (Phi) is 9.88. The number of pyridine rings is 1. The number of aliphatic hydroxyl groups excluding tert-OH is 1. The van der Waals surface area contributed by atoms with Crippen molar-refractivity contribution in [1.82, 2.24) is 14.2 Å². The summed E-state index contributed by atoms with van der Waals surface area (Å²) in [6, 6.07) is 13.5. The Morgan fingerprint density at radius 1 is 0.976 bits per heavy atom. The average Bonchev–Trinajstić information content (AvgIpc) is 2.93. The highest BCUT2D eigenvalue weighted by Gasteiger charge is 2.39. The zero-order valence-corrected chi connectivity index (χ0v) is 24.9. The molecule has 1 unspecified atom stereocenters. The minimum atomic E-state index is -3.90. The van der Waals surface area contributed by atoms with Crippen molar-refractivity contribution in [1.29, 1.82) is 0 Å². The second-order valence-corrected chi connectivity index (χ2v) is 14.0. The number of piperidine rings is 1. The normalized spacial score (nSPS) is 19.2. The van der Waals surface area contributed by atoms with E-state index in [9.17, 15) is 26.7 Å². The number of fused-ring (bicyclic) bond motifs is 1. The second kappa shape index (κ2) is 13.0. The largest absolute Gasteiger partial charge is 0.394 e. The first-order chi connectivity index (χ1) is 19.3. The maximum absolute atomic E-state index is 13.4. The molecule has 11 nitrogen and oxygen atoms in total. The molecular formula is C27H33ClN4O7S2. The minimum absolute atomic E-state index is 0.0685. The van der Waals surface area contributed by atoms with Crippen LogP contribution in [0.2, 0.25) is 5.02 Å². The molecule has 1 aromatic heterocycles. The van der Waals surface area contributed by atoms with Crippen LogP contribution >= 0.6 is 11.6 Å². The molecule has 5 rings (SSSR count). The van der Waals surface area contributed by atoms with Gasteiger partial charge in [-0.1, -0.05) is 23.7 Å². The number of hydrogen-bond acceptors (Lipinski definition) is 8. The average molecular weight is 625 g/mol. The monoisotopic (exact) mass is 624 g/mol. The summed E-state index contributed by atoms with van der Waals surface area (Å²) < 4.78 is 53.9. The maximum Gasteiger partial charge on any atom is 0.261 e. The SMILES string of the molecule is CS(=O)(=O)O.O=C1CN(S(=O)(=O)c2ccc3cc(Cl)ccc3c2)CC(CO)N1CC1CCN(c2ccncc2)CC1. The van der Waals surface area contributed by atoms with E-state index < -0.39 is 26.2 Å². The number of aliphatic hydroxyl groups is 1. The fourth-order valence-corrected chi connectivity index (χ4v) is 6.79. The third kappa shape index (κ3) is 8.15. The highest BCUT2D eigenvalue weighted by atomic mass is 35.5. The van der Waals surface area contributed by atoms with Crippen molar-refractivity contribution in [2.75, 3.05) is 50.5 Å². The van der Waals surface area contributed by atoms with E-state index in [1.165, 1.54) is 10.4 Å². The van der Waals surface area contributed by atoms with Crippen molar-refractivity contribution in [2.45, 2.75) is 23.8 Å². The van der Waals surface area contributed by atoms with Crippen LogP contribution in [-0.2, 0) is 24.9 Å². The predicted octanol–water partition coefficient (Wildman–Crippen LogP) is 2.50. The van der Waals surface area contributed by atoms with Crippen molar-refractivity contribution in [3.8, 4) is 0 Å². The number of aromatic nitrogens is 1. The molecule has 0 bridgehead atoms. The number of hydrogen-bond donors (Lipinski definition) is 2. The van der Waals surface area contributed by atoms with Crippen LogP contribution in [-0.4, -0.2) is 98.2 Å². The third-order valence-corrected chi connectivity index (χ3v) is 9.25. The molecule has 222 valence electrons. The fraction of sp³-hybridized carbons (Fsp3) is 0.407. The van der Waals surface area contributed by atoms with Crippen molar-refractivity contribution in [3.63, 3.8) is 0 Å². The lowest BCUT2D eigenvalue weighted by Crippen LogP contribution is -2.60. The maximum atomic E-state index is 13.4. The summed E-state index contributed by atoms with van der Waals surface area (Å²) in [4.78, 5) is 21.3. The van der Waals surface area contributed by atoms with Gasteiger partial charge < -0.3 is 14.9 Å². The zero-order chi connectivity index (χ0) is 29.8. The lowest BCUT2D eigenvalue weighted by molar-refractivity contribution is -0.139. The van der Waals surface area contributed by atoms with Crippen LogP contribution in [0.5, 0.6) is 0 Å². The molecule has 41 heavy (non-hydrogen) atoms. The Balaban J connectivity index is 0.000000714. The number of amides is 1. The summed E-state index contributed by atoms with van der Waals surface area (Å²) in [6.07, 6.45) is 6.13. The predicted molar refractivity (Wildman–Crippen MR) is 157 cm³/mol. The number of carbonyl (C=O) groups excluding carboxylic acids is 1. The highest BCUT2D eigenvalue weighted by molar-refractivity contribution is 7.89. The van der Waals surface area contributed by atoms with Gasteiger partial charge in [-0.3, -0.25) is 14.3 Å². The summed E-state index contributed by atoms with van der Waals surface area (Å²) >= 11 is 6.04. The molecule has 2 aliphatic heterocycles. The van der Waals surface area contributed by atoms with Gasteiger partial charge in [0.15, 0.2) is 0 Å². The van der Waals surface area contributed by atoms with Crippen LogP contribution < -0.4 is 4.90 Å². The Labute approximate surface area is 245 Å². The zero-order valence-electron chi connectivity index (χ0n) is 22.5. The van der Waals surface area contributed by atoms with Gasteiger partial charge in [-0.2, -0.15) is 12.7 Å². The van der Waals surface area contributed by atoms with E-state index in [-0.39, 0.29) is 30.5 Å². The quantitative estimate of drug-likeness (QED) is 0.395. The Hall–Kier alpha value is -2.81. The molecule has 1 amide bonds. The van der Waals surface area contributed by atoms with E-state index in [2.05, 4.69) is 9.88 Å². The number of carbonyl (C=O) groups is 1. The Bertz CT molecular complexity index is 1570. The Morgan fingerprint density at radius 3 is 2.22 bits per heavy atom. The molecule has 2 aromatic carbocycles. The van der Waals surface area contributed by atoms with Gasteiger partial charge in [-0.25, -0.2) is 8.42 Å². The number of anilines is 1. The molecule has 0 aliphatic carbocycles. The topological polar surface area (TPSA) is 148 Å². The van der Waals surface area contributed by atoms with Gasteiger partial charge in [-0.15, -0.1) is 0 Å². The van der Waals surface area contributed by atoms with E-state index in [1.54, 1.807) is 47.6 Å². The molecule has 0 radical (unpaired) electrons. The van der Waals surface area contributed by atoms with Gasteiger partial charge in [0.1, 0.15) is 0 Å². The van der Waals surface area contributed by atoms with Gasteiger partial charge in [0.05, 0.1) is 30.3 Å². The molecule has 2 saturated heterocycles. The summed E-state index contributed by atoms with van der Waals surface area (Å²) in [5.74, 6) is 0.0320. The minimum Gasteiger partial charge on any atom is -0.394 e. The molecule has 0 spiro atoms. The summed E-state index contributed by atoms with van der Waals surface area (Å²) in [5.41, 5.74) is 1.14. The van der Waals surface area contributed by atoms with Gasteiger partial charge in [0, 0.05) is 49.3 Å². The van der Waals surface area contributed by atoms with Crippen LogP contribution in [0.15, 0.2) is 65.8 Å². The van der Waals surface area contributed by atoms with Crippen LogP contribution in [0, 0.1) is 5.92 Å². The van der Waals surface area contributed by atoms with E-state index in [0.717, 1.165) is 42.4 Å². The number of rotatable bonds is 6. The van der Waals surface area contributed by atoms with E-state index in [1.807, 2.05) is 12.1 Å². The van der Waals surface area contributed by atoms with E-state index in [0.29, 0.717) is 23.7 Å². The fourth-order valence-electron chi connectivity index (χ4n) is 5.14. The van der Waals surface area contributed by atoms with E-state index in [4.69, 9.17) is 16.2 Å². The highest BCUT2D eigenvalue weighted by Crippen LogP contribution is 2.28. The summed E-state index contributed by atoms with van der Waals surface area (Å²) in [6.45, 7) is 1.84. The molecule has 0 saturated carbocycles. The second-order valence-electron chi connectivity index (χ2n) is 10.2. The van der Waals surface area contributed by atoms with Crippen LogP contribution in [0.4, 0.5) is 5.69 Å². The number of sulfonamides is 1. The van der Waals surface area contributed by atoms with Crippen molar-refractivity contribution in [3.05, 3.63) is 65.9 Å². The first-order valence-electron chi connectivity index (χ1n) is 13.0. The number of nitrogens with zero attached hydrogens (tertiary/aromatic N) is 4. The van der Waals surface area contributed by atoms with Crippen molar-refractivity contribution < 1.29 is 31.3 Å². The van der Waals surface area contributed by atoms with Crippen LogP contribution in [0.3, 0.4) is 0 Å². The Morgan fingerprint density at radius 2 is 1.59 bits per heavy atom. The molecule has 2 fully saturated rings. The lowest BCUT2D eigenvalue weighted by atomic mass is 9.95. The van der Waals surface area contributed by atoms with Gasteiger partial charge in [0.25, 0.3) is 10.1 Å². The van der Waals surface area contributed by atoms with Gasteiger partial charge in [-0.05, 0) is 65.9 Å². The molecule has 2 N–H and O–H groups in total. The summed E-state index contributed by atoms with van der Waals surface area (Å²) in [5, 5.41) is 12.2. The molecular weight excluding hydrogens is 592 g/mol. The van der Waals surface area contributed by atoms with Gasteiger partial charge >= 0.3 is 0 Å². The first-order valence-corrected chi connectivity index (χ1v) is 16.7. The smallest absolute Gasteiger partial charge is 0.261 e. The van der Waals surface area contributed by atoms with Crippen LogP contribution in [0.25, 0.3) is 10.8 Å².